The third-order valence-corrected chi connectivity index (χ3v) is 6.60. The van der Waals surface area contributed by atoms with Crippen molar-refractivity contribution in [2.75, 3.05) is 20.2 Å². The molecule has 4 aromatic carbocycles. The minimum atomic E-state index is -0.400. The smallest absolute Gasteiger partial charge is 0.323 e. The number of unbranched alkanes of at least 4 members (excludes halogenated alkanes) is 1. The first-order chi connectivity index (χ1) is 20.1. The van der Waals surface area contributed by atoms with Crippen LogP contribution in [-0.4, -0.2) is 37.1 Å². The zero-order chi connectivity index (χ0) is 28.7. The molecule has 4 rings (SSSR count). The van der Waals surface area contributed by atoms with Gasteiger partial charge >= 0.3 is 5.97 Å². The summed E-state index contributed by atoms with van der Waals surface area (Å²) in [6.07, 6.45) is 6.48. The number of para-hydroxylation sites is 2. The van der Waals surface area contributed by atoms with Crippen LogP contribution >= 0.6 is 0 Å². The summed E-state index contributed by atoms with van der Waals surface area (Å²) < 4.78 is 17.3. The predicted octanol–water partition coefficient (Wildman–Crippen LogP) is 7.46. The van der Waals surface area contributed by atoms with Gasteiger partial charge in [-0.05, 0) is 79.0 Å². The Hall–Kier alpha value is -4.39. The number of esters is 1. The van der Waals surface area contributed by atoms with Crippen LogP contribution in [0, 0.1) is 0 Å². The van der Waals surface area contributed by atoms with Crippen molar-refractivity contribution in [3.63, 3.8) is 0 Å². The average molecular weight is 551 g/mol. The molecular formula is C35H38N2O4. The predicted molar refractivity (Wildman–Crippen MR) is 164 cm³/mol. The SMILES string of the molecule is COC(=O)[C@H](CCCCN)N(C/C=C/c1cccc(Oc2ccccc2)c1)Cc1cccc(Oc2ccccc2)c1. The molecule has 0 heterocycles. The van der Waals surface area contributed by atoms with Crippen LogP contribution in [0.3, 0.4) is 0 Å². The van der Waals surface area contributed by atoms with Crippen molar-refractivity contribution < 1.29 is 19.0 Å². The lowest BCUT2D eigenvalue weighted by atomic mass is 10.1. The molecule has 41 heavy (non-hydrogen) atoms. The Morgan fingerprint density at radius 1 is 0.780 bits per heavy atom. The highest BCUT2D eigenvalue weighted by Crippen LogP contribution is 2.25. The molecule has 0 aromatic heterocycles. The maximum Gasteiger partial charge on any atom is 0.323 e. The number of carbonyl (C=O) groups is 1. The molecule has 0 bridgehead atoms. The lowest BCUT2D eigenvalue weighted by Crippen LogP contribution is -2.41. The maximum atomic E-state index is 12.9. The van der Waals surface area contributed by atoms with E-state index in [0.717, 1.165) is 47.0 Å². The largest absolute Gasteiger partial charge is 0.468 e. The van der Waals surface area contributed by atoms with Crippen molar-refractivity contribution in [3.05, 3.63) is 126 Å². The summed E-state index contributed by atoms with van der Waals surface area (Å²) in [6, 6.07) is 34.9. The number of ether oxygens (including phenoxy) is 3. The van der Waals surface area contributed by atoms with E-state index in [1.54, 1.807) is 0 Å². The highest BCUT2D eigenvalue weighted by molar-refractivity contribution is 5.75. The van der Waals surface area contributed by atoms with Crippen molar-refractivity contribution in [1.29, 1.82) is 0 Å². The molecule has 0 amide bonds. The van der Waals surface area contributed by atoms with Crippen molar-refractivity contribution in [2.45, 2.75) is 31.8 Å². The number of hydrogen-bond donors (Lipinski definition) is 1. The molecule has 1 atom stereocenters. The molecule has 6 heteroatoms. The van der Waals surface area contributed by atoms with Gasteiger partial charge in [0, 0.05) is 13.1 Å². The topological polar surface area (TPSA) is 74.0 Å². The summed E-state index contributed by atoms with van der Waals surface area (Å²) in [6.45, 7) is 1.69. The Morgan fingerprint density at radius 3 is 2.02 bits per heavy atom. The number of nitrogens with zero attached hydrogens (tertiary/aromatic N) is 1. The summed E-state index contributed by atoms with van der Waals surface area (Å²) in [5.74, 6) is 2.83. The summed E-state index contributed by atoms with van der Waals surface area (Å²) in [5, 5.41) is 0. The first-order valence-corrected chi connectivity index (χ1v) is 14.0. The van der Waals surface area contributed by atoms with E-state index in [1.165, 1.54) is 7.11 Å². The standard InChI is InChI=1S/C35H38N2O4/c1-39-35(38)34(22-8-9-23-36)37(27-29-14-11-21-33(26-29)41-31-18-6-3-7-19-31)24-12-15-28-13-10-20-32(25-28)40-30-16-4-2-5-17-30/h2-7,10-21,25-26,34H,8-9,22-24,27,36H2,1H3/b15-12+/t34-/m0/s1. The summed E-state index contributed by atoms with van der Waals surface area (Å²) in [4.78, 5) is 15.1. The van der Waals surface area contributed by atoms with E-state index < -0.39 is 6.04 Å². The van der Waals surface area contributed by atoms with Crippen molar-refractivity contribution in [3.8, 4) is 23.0 Å². The van der Waals surface area contributed by atoms with Gasteiger partial charge in [-0.2, -0.15) is 0 Å². The van der Waals surface area contributed by atoms with Gasteiger partial charge in [0.05, 0.1) is 7.11 Å². The van der Waals surface area contributed by atoms with Gasteiger partial charge in [0.2, 0.25) is 0 Å². The van der Waals surface area contributed by atoms with Gasteiger partial charge in [0.15, 0.2) is 0 Å². The van der Waals surface area contributed by atoms with Gasteiger partial charge in [-0.1, -0.05) is 79.2 Å². The van der Waals surface area contributed by atoms with E-state index in [4.69, 9.17) is 19.9 Å². The lowest BCUT2D eigenvalue weighted by Gasteiger charge is -2.29. The fraction of sp³-hybridized carbons (Fsp3) is 0.229. The van der Waals surface area contributed by atoms with E-state index >= 15 is 0 Å². The van der Waals surface area contributed by atoms with Crippen LogP contribution in [0.2, 0.25) is 0 Å². The Morgan fingerprint density at radius 2 is 1.39 bits per heavy atom. The van der Waals surface area contributed by atoms with Gasteiger partial charge < -0.3 is 19.9 Å². The second-order valence-corrected chi connectivity index (χ2v) is 9.71. The van der Waals surface area contributed by atoms with Gasteiger partial charge in [0.25, 0.3) is 0 Å². The minimum Gasteiger partial charge on any atom is -0.468 e. The number of rotatable bonds is 15. The van der Waals surface area contributed by atoms with Gasteiger partial charge in [0.1, 0.15) is 29.0 Å². The Balaban J connectivity index is 1.51. The van der Waals surface area contributed by atoms with E-state index in [9.17, 15) is 4.79 Å². The highest BCUT2D eigenvalue weighted by atomic mass is 16.5. The van der Waals surface area contributed by atoms with E-state index in [2.05, 4.69) is 11.0 Å². The van der Waals surface area contributed by atoms with Gasteiger partial charge in [-0.15, -0.1) is 0 Å². The van der Waals surface area contributed by atoms with Crippen LogP contribution < -0.4 is 15.2 Å². The van der Waals surface area contributed by atoms with E-state index in [0.29, 0.717) is 26.1 Å². The second-order valence-electron chi connectivity index (χ2n) is 9.71. The van der Waals surface area contributed by atoms with Crippen LogP contribution in [0.4, 0.5) is 0 Å². The molecule has 6 nitrogen and oxygen atoms in total. The Kier molecular flexibility index (Phi) is 11.6. The number of carbonyl (C=O) groups excluding carboxylic acids is 1. The van der Waals surface area contributed by atoms with Crippen LogP contribution in [0.1, 0.15) is 30.4 Å². The van der Waals surface area contributed by atoms with Gasteiger partial charge in [-0.25, -0.2) is 0 Å². The molecule has 2 N–H and O–H groups in total. The summed E-state index contributed by atoms with van der Waals surface area (Å²) in [7, 11) is 1.44. The molecule has 0 radical (unpaired) electrons. The summed E-state index contributed by atoms with van der Waals surface area (Å²) >= 11 is 0. The molecule has 212 valence electrons. The van der Waals surface area contributed by atoms with E-state index in [1.807, 2.05) is 115 Å². The Bertz CT molecular complexity index is 1380. The second kappa shape index (κ2) is 16.0. The zero-order valence-electron chi connectivity index (χ0n) is 23.5. The molecule has 0 spiro atoms. The first-order valence-electron chi connectivity index (χ1n) is 14.0. The molecule has 0 unspecified atom stereocenters. The fourth-order valence-corrected chi connectivity index (χ4v) is 4.57. The molecule has 0 saturated heterocycles. The van der Waals surface area contributed by atoms with Crippen molar-refractivity contribution in [1.82, 2.24) is 4.90 Å². The third kappa shape index (κ3) is 9.64. The highest BCUT2D eigenvalue weighted by Gasteiger charge is 2.26. The quantitative estimate of drug-likeness (QED) is 0.122. The normalized spacial score (nSPS) is 11.9. The van der Waals surface area contributed by atoms with Crippen LogP contribution in [0.5, 0.6) is 23.0 Å². The molecule has 0 saturated carbocycles. The van der Waals surface area contributed by atoms with Crippen molar-refractivity contribution in [2.24, 2.45) is 5.73 Å². The average Bonchev–Trinajstić information content (AvgIpc) is 3.00. The Labute approximate surface area is 243 Å². The number of nitrogens with two attached hydrogens (primary N) is 1. The minimum absolute atomic E-state index is 0.245. The lowest BCUT2D eigenvalue weighted by molar-refractivity contribution is -0.147. The van der Waals surface area contributed by atoms with E-state index in [-0.39, 0.29) is 5.97 Å². The molecule has 4 aromatic rings. The van der Waals surface area contributed by atoms with Crippen LogP contribution in [0.25, 0.3) is 6.08 Å². The fourth-order valence-electron chi connectivity index (χ4n) is 4.57. The maximum absolute atomic E-state index is 12.9. The number of hydrogen-bond acceptors (Lipinski definition) is 6. The number of benzene rings is 4. The van der Waals surface area contributed by atoms with Crippen molar-refractivity contribution >= 4 is 12.0 Å². The monoisotopic (exact) mass is 550 g/mol. The van der Waals surface area contributed by atoms with Crippen LogP contribution in [-0.2, 0) is 16.1 Å². The number of methoxy groups -OCH3 is 1. The molecule has 0 aliphatic carbocycles. The molecular weight excluding hydrogens is 512 g/mol. The third-order valence-electron chi connectivity index (χ3n) is 6.60. The van der Waals surface area contributed by atoms with Gasteiger partial charge in [-0.3, -0.25) is 9.69 Å². The molecule has 0 aliphatic rings. The zero-order valence-corrected chi connectivity index (χ0v) is 23.5. The molecule has 0 fully saturated rings. The molecule has 0 aliphatic heterocycles. The van der Waals surface area contributed by atoms with Crippen LogP contribution in [0.15, 0.2) is 115 Å². The first kappa shape index (κ1) is 29.6. The summed E-state index contributed by atoms with van der Waals surface area (Å²) in [5.41, 5.74) is 7.79.